The largest absolute Gasteiger partial charge is 0.454 e. The summed E-state index contributed by atoms with van der Waals surface area (Å²) in [5, 5.41) is 56.7. The molecule has 1 saturated heterocycles. The first-order valence-corrected chi connectivity index (χ1v) is 29.4. The van der Waals surface area contributed by atoms with Crippen LogP contribution in [0.4, 0.5) is 0 Å². The van der Waals surface area contributed by atoms with Crippen molar-refractivity contribution in [3.05, 3.63) is 85.1 Å². The molecule has 8 unspecified atom stereocenters. The Morgan fingerprint density at radius 2 is 0.986 bits per heavy atom. The molecule has 0 aliphatic carbocycles. The van der Waals surface area contributed by atoms with Crippen molar-refractivity contribution in [1.82, 2.24) is 5.32 Å². The second-order valence-corrected chi connectivity index (χ2v) is 20.0. The Kier molecular flexibility index (Phi) is 46.2. The molecule has 73 heavy (non-hydrogen) atoms. The van der Waals surface area contributed by atoms with Crippen molar-refractivity contribution in [3.8, 4) is 0 Å². The minimum Gasteiger partial charge on any atom is -0.454 e. The number of carbonyl (C=O) groups is 2. The summed E-state index contributed by atoms with van der Waals surface area (Å²) in [4.78, 5) is 26.4. The maximum atomic E-state index is 13.3. The van der Waals surface area contributed by atoms with Crippen molar-refractivity contribution < 1.29 is 49.3 Å². The average molecular weight is 1030 g/mol. The van der Waals surface area contributed by atoms with E-state index in [4.69, 9.17) is 14.2 Å². The first-order valence-electron chi connectivity index (χ1n) is 29.4. The van der Waals surface area contributed by atoms with E-state index in [2.05, 4.69) is 86.8 Å². The van der Waals surface area contributed by atoms with E-state index in [1.54, 1.807) is 6.08 Å². The van der Waals surface area contributed by atoms with E-state index in [0.29, 0.717) is 12.8 Å². The van der Waals surface area contributed by atoms with E-state index in [1.807, 2.05) is 18.2 Å². The lowest BCUT2D eigenvalue weighted by molar-refractivity contribution is -0.305. The van der Waals surface area contributed by atoms with Crippen LogP contribution in [0.25, 0.3) is 0 Å². The third kappa shape index (κ3) is 38.1. The van der Waals surface area contributed by atoms with Gasteiger partial charge in [-0.15, -0.1) is 0 Å². The minimum absolute atomic E-state index is 0.109. The van der Waals surface area contributed by atoms with Crippen molar-refractivity contribution in [3.63, 3.8) is 0 Å². The van der Waals surface area contributed by atoms with Gasteiger partial charge in [0.15, 0.2) is 12.4 Å². The monoisotopic (exact) mass is 1030 g/mol. The lowest BCUT2D eigenvalue weighted by atomic mass is 9.99. The van der Waals surface area contributed by atoms with Gasteiger partial charge in [0, 0.05) is 6.42 Å². The van der Waals surface area contributed by atoms with Gasteiger partial charge in [-0.25, -0.2) is 0 Å². The highest BCUT2D eigenvalue weighted by molar-refractivity contribution is 5.80. The molecule has 0 saturated carbocycles. The molecule has 1 aliphatic heterocycles. The summed E-state index contributed by atoms with van der Waals surface area (Å²) >= 11 is 0. The van der Waals surface area contributed by atoms with E-state index >= 15 is 0 Å². The van der Waals surface area contributed by atoms with E-state index in [-0.39, 0.29) is 19.4 Å². The summed E-state index contributed by atoms with van der Waals surface area (Å²) < 4.78 is 17.5. The summed E-state index contributed by atoms with van der Waals surface area (Å²) in [7, 11) is 0. The summed E-state index contributed by atoms with van der Waals surface area (Å²) in [5.74, 6) is -1.27. The highest BCUT2D eigenvalue weighted by atomic mass is 16.7. The molecule has 11 heteroatoms. The van der Waals surface area contributed by atoms with Crippen molar-refractivity contribution >= 4 is 11.9 Å². The minimum atomic E-state index is -1.63. The molecule has 1 rings (SSSR count). The fourth-order valence-corrected chi connectivity index (χ4v) is 8.62. The Bertz CT molecular complexity index is 1510. The molecule has 1 aliphatic rings. The van der Waals surface area contributed by atoms with Crippen LogP contribution in [0, 0.1) is 0 Å². The number of hydrogen-bond donors (Lipinski definition) is 6. The Balaban J connectivity index is 2.75. The van der Waals surface area contributed by atoms with Gasteiger partial charge >= 0.3 is 5.97 Å². The maximum Gasteiger partial charge on any atom is 0.306 e. The topological polar surface area (TPSA) is 175 Å². The van der Waals surface area contributed by atoms with E-state index in [0.717, 1.165) is 89.9 Å². The average Bonchev–Trinajstić information content (AvgIpc) is 3.39. The number of amides is 1. The van der Waals surface area contributed by atoms with Gasteiger partial charge in [-0.1, -0.05) is 221 Å². The number of aliphatic hydroxyl groups is 5. The maximum absolute atomic E-state index is 13.3. The van der Waals surface area contributed by atoms with Crippen LogP contribution < -0.4 is 5.32 Å². The van der Waals surface area contributed by atoms with Crippen molar-refractivity contribution in [1.29, 1.82) is 0 Å². The molecule has 0 aromatic rings. The van der Waals surface area contributed by atoms with Crippen molar-refractivity contribution in [2.24, 2.45) is 0 Å². The van der Waals surface area contributed by atoms with Crippen LogP contribution in [0.3, 0.4) is 0 Å². The quantitative estimate of drug-likeness (QED) is 0.0195. The first-order chi connectivity index (χ1) is 35.7. The fourth-order valence-electron chi connectivity index (χ4n) is 8.62. The smallest absolute Gasteiger partial charge is 0.306 e. The molecule has 8 atom stereocenters. The van der Waals surface area contributed by atoms with E-state index in [1.165, 1.54) is 96.3 Å². The molecule has 0 aromatic carbocycles. The van der Waals surface area contributed by atoms with Gasteiger partial charge < -0.3 is 45.1 Å². The van der Waals surface area contributed by atoms with Gasteiger partial charge in [-0.05, 0) is 89.9 Å². The zero-order chi connectivity index (χ0) is 53.3. The molecule has 1 heterocycles. The number of carbonyl (C=O) groups excluding carboxylic acids is 2. The van der Waals surface area contributed by atoms with Gasteiger partial charge in [-0.2, -0.15) is 0 Å². The van der Waals surface area contributed by atoms with Crippen LogP contribution in [-0.2, 0) is 23.8 Å². The Morgan fingerprint density at radius 1 is 0.548 bits per heavy atom. The van der Waals surface area contributed by atoms with Gasteiger partial charge in [0.05, 0.1) is 25.4 Å². The van der Waals surface area contributed by atoms with E-state index < -0.39 is 67.4 Å². The molecule has 1 amide bonds. The zero-order valence-electron chi connectivity index (χ0n) is 46.2. The number of nitrogens with one attached hydrogen (secondary N) is 1. The molecule has 0 radical (unpaired) electrons. The second-order valence-electron chi connectivity index (χ2n) is 20.0. The third-order valence-electron chi connectivity index (χ3n) is 13.3. The van der Waals surface area contributed by atoms with Gasteiger partial charge in [-0.3, -0.25) is 9.59 Å². The SMILES string of the molecule is CC/C=C\C/C=C\C/C=C\C/C=C\C/C=C\CCC(O)C(=O)NC(COC1OC(CO)C(O)C(O)C1OC(=O)CCCCCCCCC/C=C/CCCCCCCC)C(O)/C=C/CCCCCCCCCCC. The van der Waals surface area contributed by atoms with Gasteiger partial charge in [0.2, 0.25) is 5.91 Å². The van der Waals surface area contributed by atoms with Crippen molar-refractivity contribution in [2.75, 3.05) is 13.2 Å². The van der Waals surface area contributed by atoms with Crippen molar-refractivity contribution in [2.45, 2.75) is 282 Å². The molecule has 0 aromatic heterocycles. The zero-order valence-corrected chi connectivity index (χ0v) is 46.2. The lowest BCUT2D eigenvalue weighted by Crippen LogP contribution is -2.61. The van der Waals surface area contributed by atoms with E-state index in [9.17, 15) is 35.1 Å². The van der Waals surface area contributed by atoms with Gasteiger partial charge in [0.25, 0.3) is 0 Å². The molecule has 6 N–H and O–H groups in total. The Labute approximate surface area is 444 Å². The molecule has 1 fully saturated rings. The fraction of sp³-hybridized carbons (Fsp3) is 0.742. The van der Waals surface area contributed by atoms with Crippen LogP contribution in [0.5, 0.6) is 0 Å². The van der Waals surface area contributed by atoms with Gasteiger partial charge in [0.1, 0.15) is 24.4 Å². The number of hydrogen-bond acceptors (Lipinski definition) is 10. The number of allylic oxidation sites excluding steroid dienone is 13. The highest BCUT2D eigenvalue weighted by Crippen LogP contribution is 2.26. The molecular formula is C62H107NO10. The summed E-state index contributed by atoms with van der Waals surface area (Å²) in [6.07, 6.45) is 53.5. The number of rotatable bonds is 48. The number of aliphatic hydroxyl groups excluding tert-OH is 5. The standard InChI is InChI=1S/C62H107NO10/c1-4-7-10-13-16-19-22-24-26-28-30-32-35-38-41-44-47-50-57(67)73-60-59(69)58(68)56(51-64)72-62(60)71-52-53(54(65)48-45-42-39-36-33-21-18-15-12-9-6-3)63-61(70)55(66)49-46-43-40-37-34-31-29-27-25-23-20-17-14-11-8-5-2/h8,11,17,20,24-27,31,34,40,43,45,48,53-56,58-60,62,64-66,68-69H,4-7,9-10,12-16,18-19,21-23,28-30,32-33,35-39,41-42,44,46-47,49-52H2,1-3H3,(H,63,70)/b11-8-,20-17-,26-24+,27-25-,34-31-,43-40-,48-45+. The second kappa shape index (κ2) is 49.7. The van der Waals surface area contributed by atoms with Crippen LogP contribution in [0.2, 0.25) is 0 Å². The Hall–Kier alpha value is -3.16. The lowest BCUT2D eigenvalue weighted by Gasteiger charge is -2.41. The molecule has 0 bridgehead atoms. The highest BCUT2D eigenvalue weighted by Gasteiger charge is 2.47. The summed E-state index contributed by atoms with van der Waals surface area (Å²) in [6.45, 7) is 5.61. The number of esters is 1. The predicted octanol–water partition coefficient (Wildman–Crippen LogP) is 13.4. The molecule has 11 nitrogen and oxygen atoms in total. The van der Waals surface area contributed by atoms with Crippen LogP contribution in [0.15, 0.2) is 85.1 Å². The van der Waals surface area contributed by atoms with Crippen LogP contribution >= 0.6 is 0 Å². The summed E-state index contributed by atoms with van der Waals surface area (Å²) in [5.41, 5.74) is 0. The van der Waals surface area contributed by atoms with Crippen LogP contribution in [-0.4, -0.2) is 99.6 Å². The molecule has 0 spiro atoms. The first kappa shape index (κ1) is 67.9. The molecule has 420 valence electrons. The number of ether oxygens (including phenoxy) is 3. The Morgan fingerprint density at radius 3 is 1.48 bits per heavy atom. The van der Waals surface area contributed by atoms with Crippen LogP contribution in [0.1, 0.15) is 233 Å². The predicted molar refractivity (Wildman–Crippen MR) is 301 cm³/mol. The molecular weight excluding hydrogens is 919 g/mol. The third-order valence-corrected chi connectivity index (χ3v) is 13.3. The summed E-state index contributed by atoms with van der Waals surface area (Å²) in [6, 6.07) is -1.06. The normalized spacial score (nSPS) is 20.0. The number of unbranched alkanes of at least 4 members (excludes halogenated alkanes) is 22.